The maximum atomic E-state index is 12.8. The zero-order valence-electron chi connectivity index (χ0n) is 53.9. The van der Waals surface area contributed by atoms with Crippen LogP contribution in [0.15, 0.2) is 49.1 Å². The van der Waals surface area contributed by atoms with Crippen molar-refractivity contribution >= 4 is 45.8 Å². The Morgan fingerprint density at radius 1 is 0.439 bits per heavy atom. The smallest absolute Gasteiger partial charge is 0.430 e. The molecule has 4 aromatic rings. The van der Waals surface area contributed by atoms with E-state index < -0.39 is 148 Å². The molecule has 2 aromatic heterocycles. The summed E-state index contributed by atoms with van der Waals surface area (Å²) in [4.78, 5) is 46.0. The number of carbonyl (C=O) groups excluding carboxylic acids is 4. The molecule has 0 radical (unpaired) electrons. The van der Waals surface area contributed by atoms with Gasteiger partial charge in [-0.3, -0.25) is 19.4 Å². The molecule has 0 bridgehead atoms. The summed E-state index contributed by atoms with van der Waals surface area (Å²) >= 11 is 0. The van der Waals surface area contributed by atoms with Gasteiger partial charge in [0.05, 0.1) is 77.0 Å². The second-order valence-electron chi connectivity index (χ2n) is 22.3. The lowest BCUT2D eigenvalue weighted by Crippen LogP contribution is -2.53. The van der Waals surface area contributed by atoms with Gasteiger partial charge in [0.1, 0.15) is 85.2 Å². The van der Waals surface area contributed by atoms with E-state index in [0.717, 1.165) is 48.2 Å². The summed E-state index contributed by atoms with van der Waals surface area (Å²) in [6.07, 6.45) is -34.4. The van der Waals surface area contributed by atoms with Crippen LogP contribution in [0.2, 0.25) is 0 Å². The van der Waals surface area contributed by atoms with Crippen LogP contribution in [-0.4, -0.2) is 334 Å². The zero-order valence-corrected chi connectivity index (χ0v) is 53.9. The number of benzene rings is 2. The van der Waals surface area contributed by atoms with E-state index in [2.05, 4.69) is 19.8 Å². The van der Waals surface area contributed by atoms with E-state index in [1.807, 2.05) is 61.6 Å². The summed E-state index contributed by atoms with van der Waals surface area (Å²) in [5, 5.41) is 220. The molecule has 22 N–H and O–H groups in total. The second kappa shape index (κ2) is 43.6. The number of halogens is 6. The number of fused-ring (bicyclic) bond motifs is 2. The van der Waals surface area contributed by atoms with Gasteiger partial charge in [-0.15, -0.1) is 0 Å². The van der Waals surface area contributed by atoms with E-state index in [1.165, 1.54) is 9.80 Å². The van der Waals surface area contributed by atoms with E-state index in [4.69, 9.17) is 40.2 Å². The van der Waals surface area contributed by atoms with Gasteiger partial charge < -0.3 is 133 Å². The van der Waals surface area contributed by atoms with Crippen molar-refractivity contribution in [1.29, 1.82) is 0 Å². The Balaban J connectivity index is 0.000000817. The number of alkyl halides is 6. The maximum absolute atomic E-state index is 12.8. The van der Waals surface area contributed by atoms with Crippen molar-refractivity contribution in [3.05, 3.63) is 60.2 Å². The number of hydrogen-bond donors (Lipinski definition) is 22. The quantitative estimate of drug-likeness (QED) is 0.0113. The van der Waals surface area contributed by atoms with Gasteiger partial charge in [-0.1, -0.05) is 0 Å². The average Bonchev–Trinajstić information content (AvgIpc) is 1.65. The molecule has 0 aliphatic rings. The third-order valence-electron chi connectivity index (χ3n) is 15.1. The number of rotatable bonds is 38. The van der Waals surface area contributed by atoms with E-state index >= 15 is 0 Å². The SMILES string of the molecule is CCn1c[n+](CC)c2ccc(C(=O)NCCCN(C[C@H](O)[C@@H](O)[C@H](O)[C@H](O)CO)C[C@H](O)[C@@H](O)[C@H](O)[C@H](O)CO)cc21.CCn1c[n+](CC)c2ccc(C(=O)NCCCN(C[C@H](O)[C@@H](O)[C@H](O)[C@H](O)CO)C[C@H](O)[C@@H](O)[C@H](O)[C@H](O)CO)cc21.O=C([O-])C(F)(F)F.O=C([O-])C(F)(F)F. The number of hydrogen-bond acceptors (Lipinski definition) is 28. The second-order valence-corrected chi connectivity index (χ2v) is 22.3. The number of imidazole rings is 2. The number of nitrogens with zero attached hydrogens (tertiary/aromatic N) is 6. The lowest BCUT2D eigenvalue weighted by Gasteiger charge is -2.33. The molecule has 2 amide bonds. The molecule has 0 unspecified atom stereocenters. The molecule has 0 fully saturated rings. The number of carboxylic acid groups (broad SMARTS) is 2. The Hall–Kier alpha value is -6.04. The van der Waals surface area contributed by atoms with Gasteiger partial charge in [-0.25, -0.2) is 18.3 Å². The minimum absolute atomic E-state index is 0.0966. The van der Waals surface area contributed by atoms with Gasteiger partial charge in [0, 0.05) is 75.6 Å². The third kappa shape index (κ3) is 28.5. The lowest BCUT2D eigenvalue weighted by atomic mass is 10.0. The number of aliphatic hydroxyl groups excluding tert-OH is 20. The molecule has 564 valence electrons. The molecule has 98 heavy (non-hydrogen) atoms. The van der Waals surface area contributed by atoms with E-state index in [1.54, 1.807) is 24.3 Å². The number of amides is 2. The summed E-state index contributed by atoms with van der Waals surface area (Å²) in [6.45, 7) is 6.69. The molecule has 0 aliphatic heterocycles. The standard InChI is InChI=1S/2C27H46N4O11.2C2HF3O2/c2*1-3-30-15-31(4-2)18-10-16(6-7-17(18)30)27(42)28-8-5-9-29(11-19(34)23(38)25(40)21(36)13-32)12-20(35)24(39)26(41)22(37)14-33;2*3-2(4,5)1(6)7/h2*6-7,10,15,19-26,32-41H,3-5,8-9,11-14H2,1-2H3;2*(H,6,7)/t2*19-,20-,21+,22+,23+,24+,25+,26+;;/m00../s1. The fourth-order valence-electron chi connectivity index (χ4n) is 9.34. The average molecular weight is 1430 g/mol. The number of aryl methyl sites for hydroxylation is 4. The van der Waals surface area contributed by atoms with Crippen LogP contribution in [0.5, 0.6) is 0 Å². The Kier molecular flexibility index (Phi) is 40.0. The molecular weight excluding hydrogens is 1340 g/mol. The lowest BCUT2D eigenvalue weighted by molar-refractivity contribution is -0.668. The number of aliphatic carboxylic acids is 2. The van der Waals surface area contributed by atoms with Gasteiger partial charge in [-0.05, 0) is 64.8 Å². The van der Waals surface area contributed by atoms with Crippen LogP contribution in [0.25, 0.3) is 22.1 Å². The van der Waals surface area contributed by atoms with Crippen molar-refractivity contribution in [2.45, 2.75) is 177 Å². The Bertz CT molecular complexity index is 2740. The predicted octanol–water partition coefficient (Wildman–Crippen LogP) is -10.9. The third-order valence-corrected chi connectivity index (χ3v) is 15.1. The molecule has 4 rings (SSSR count). The number of carbonyl (C=O) groups is 4. The molecular formula is C58H94F6N8O26. The molecule has 0 saturated carbocycles. The minimum Gasteiger partial charge on any atom is -0.542 e. The first-order valence-corrected chi connectivity index (χ1v) is 30.6. The van der Waals surface area contributed by atoms with Gasteiger partial charge in [0.25, 0.3) is 11.8 Å². The molecule has 0 spiro atoms. The zero-order chi connectivity index (χ0) is 75.3. The maximum Gasteiger partial charge on any atom is 0.430 e. The van der Waals surface area contributed by atoms with Gasteiger partial charge in [-0.2, -0.15) is 26.3 Å². The first-order chi connectivity index (χ1) is 45.7. The molecule has 2 aromatic carbocycles. The van der Waals surface area contributed by atoms with Crippen LogP contribution in [-0.2, 0) is 35.8 Å². The molecule has 16 atom stereocenters. The Morgan fingerprint density at radius 3 is 0.878 bits per heavy atom. The van der Waals surface area contributed by atoms with Crippen molar-refractivity contribution in [2.75, 3.05) is 78.8 Å². The van der Waals surface area contributed by atoms with Crippen molar-refractivity contribution in [2.24, 2.45) is 0 Å². The van der Waals surface area contributed by atoms with E-state index in [9.17, 15) is 118 Å². The summed E-state index contributed by atoms with van der Waals surface area (Å²) in [5.74, 6) is -6.65. The minimum atomic E-state index is -5.19. The van der Waals surface area contributed by atoms with Gasteiger partial charge in [0.15, 0.2) is 22.1 Å². The topological polar surface area (TPSA) is 567 Å². The molecule has 34 nitrogen and oxygen atoms in total. The highest BCUT2D eigenvalue weighted by atomic mass is 19.4. The van der Waals surface area contributed by atoms with E-state index in [0.29, 0.717) is 11.1 Å². The summed E-state index contributed by atoms with van der Waals surface area (Å²) < 4.78 is 71.3. The van der Waals surface area contributed by atoms with Crippen LogP contribution in [0, 0.1) is 0 Å². The Morgan fingerprint density at radius 2 is 0.673 bits per heavy atom. The number of aromatic nitrogens is 4. The van der Waals surface area contributed by atoms with Crippen LogP contribution in [0.1, 0.15) is 61.3 Å². The van der Waals surface area contributed by atoms with Crippen molar-refractivity contribution in [3.8, 4) is 0 Å². The molecule has 0 saturated heterocycles. The van der Waals surface area contributed by atoms with Gasteiger partial charge in [0.2, 0.25) is 12.7 Å². The van der Waals surface area contributed by atoms with Crippen LogP contribution < -0.4 is 30.0 Å². The van der Waals surface area contributed by atoms with Crippen molar-refractivity contribution < 1.29 is 167 Å². The largest absolute Gasteiger partial charge is 0.542 e. The summed E-state index contributed by atoms with van der Waals surface area (Å²) in [6, 6.07) is 10.8. The van der Waals surface area contributed by atoms with Crippen LogP contribution >= 0.6 is 0 Å². The van der Waals surface area contributed by atoms with Crippen molar-refractivity contribution in [1.82, 2.24) is 29.6 Å². The highest BCUT2D eigenvalue weighted by Crippen LogP contribution is 2.19. The molecule has 0 aliphatic carbocycles. The summed E-state index contributed by atoms with van der Waals surface area (Å²) in [5.41, 5.74) is 4.75. The summed E-state index contributed by atoms with van der Waals surface area (Å²) in [7, 11) is 0. The highest BCUT2D eigenvalue weighted by Gasteiger charge is 2.37. The van der Waals surface area contributed by atoms with E-state index in [-0.39, 0.29) is 77.0 Å². The highest BCUT2D eigenvalue weighted by molar-refractivity contribution is 5.97. The van der Waals surface area contributed by atoms with Crippen LogP contribution in [0.4, 0.5) is 26.3 Å². The predicted molar refractivity (Wildman–Crippen MR) is 320 cm³/mol. The molecule has 40 heteroatoms. The fourth-order valence-corrected chi connectivity index (χ4v) is 9.34. The first kappa shape index (κ1) is 90.0. The number of carboxylic acids is 2. The van der Waals surface area contributed by atoms with Gasteiger partial charge >= 0.3 is 12.4 Å². The van der Waals surface area contributed by atoms with Crippen LogP contribution in [0.3, 0.4) is 0 Å². The monoisotopic (exact) mass is 1430 g/mol. The molecule has 2 heterocycles. The van der Waals surface area contributed by atoms with Crippen molar-refractivity contribution in [3.63, 3.8) is 0 Å². The normalized spacial score (nSPS) is 17.0. The number of aliphatic hydroxyl groups is 20. The number of nitrogens with one attached hydrogen (secondary N) is 2. The first-order valence-electron chi connectivity index (χ1n) is 30.6. The fraction of sp³-hybridized carbons (Fsp3) is 0.690. The Labute approximate surface area is 556 Å².